The van der Waals surface area contributed by atoms with Gasteiger partial charge < -0.3 is 0 Å². The predicted molar refractivity (Wildman–Crippen MR) is 53.1 cm³/mol. The second kappa shape index (κ2) is 4.31. The Balaban J connectivity index is 2.79. The first kappa shape index (κ1) is 12.4. The molecule has 1 aromatic carbocycles. The summed E-state index contributed by atoms with van der Waals surface area (Å²) in [4.78, 5) is 0. The van der Waals surface area contributed by atoms with Crippen molar-refractivity contribution >= 4 is 11.6 Å². The molecular weight excluding hydrogens is 274 g/mol. The minimum Gasteiger partial charge on any atom is -0.215 e. The van der Waals surface area contributed by atoms with Crippen molar-refractivity contribution in [3.8, 4) is 11.8 Å². The van der Waals surface area contributed by atoms with Crippen molar-refractivity contribution in [1.29, 1.82) is 5.26 Å². The zero-order valence-corrected chi connectivity index (χ0v) is 9.14. The molecule has 0 aliphatic rings. The fourth-order valence-electron chi connectivity index (χ4n) is 1.31. The van der Waals surface area contributed by atoms with E-state index in [0.717, 1.165) is 6.20 Å². The maximum absolute atomic E-state index is 13.4. The van der Waals surface area contributed by atoms with E-state index >= 15 is 0 Å². The molecule has 3 nitrogen and oxygen atoms in total. The molecule has 0 aliphatic carbocycles. The lowest BCUT2D eigenvalue weighted by Crippen LogP contribution is -2.07. The average Bonchev–Trinajstić information content (AvgIpc) is 2.69. The first-order valence-electron chi connectivity index (χ1n) is 4.44. The highest BCUT2D eigenvalue weighted by atomic mass is 35.5. The van der Waals surface area contributed by atoms with Crippen LogP contribution < -0.4 is 0 Å². The zero-order chi connectivity index (χ0) is 13.4. The van der Waals surface area contributed by atoms with Crippen LogP contribution in [0.2, 0.25) is 5.15 Å². The molecule has 0 bridgehead atoms. The average molecular weight is 276 g/mol. The van der Waals surface area contributed by atoms with Crippen LogP contribution in [-0.4, -0.2) is 9.78 Å². The van der Waals surface area contributed by atoms with E-state index in [9.17, 15) is 17.6 Å². The Kier molecular flexibility index (Phi) is 2.97. The second-order valence-electron chi connectivity index (χ2n) is 3.19. The lowest BCUT2D eigenvalue weighted by Gasteiger charge is -2.07. The molecule has 0 spiro atoms. The van der Waals surface area contributed by atoms with Crippen LogP contribution in [0.3, 0.4) is 0 Å². The van der Waals surface area contributed by atoms with Crippen LogP contribution in [-0.2, 0) is 0 Å². The Morgan fingerprint density at radius 3 is 2.17 bits per heavy atom. The molecule has 18 heavy (non-hydrogen) atoms. The molecule has 0 unspecified atom stereocenters. The van der Waals surface area contributed by atoms with Crippen molar-refractivity contribution in [3.63, 3.8) is 0 Å². The van der Waals surface area contributed by atoms with Gasteiger partial charge in [0.2, 0.25) is 0 Å². The van der Waals surface area contributed by atoms with Crippen LogP contribution in [0.25, 0.3) is 5.69 Å². The summed E-state index contributed by atoms with van der Waals surface area (Å²) in [5.41, 5.74) is -1.29. The van der Waals surface area contributed by atoms with Gasteiger partial charge in [-0.3, -0.25) is 0 Å². The molecular formula is C10H2ClF4N3. The summed E-state index contributed by atoms with van der Waals surface area (Å²) in [5.74, 6) is -6.48. The number of aromatic nitrogens is 2. The van der Waals surface area contributed by atoms with Gasteiger partial charge in [-0.2, -0.15) is 10.4 Å². The van der Waals surface area contributed by atoms with E-state index in [1.165, 1.54) is 0 Å². The number of nitrogens with zero attached hydrogens (tertiary/aromatic N) is 3. The molecule has 0 saturated carbocycles. The summed E-state index contributed by atoms with van der Waals surface area (Å²) >= 11 is 5.61. The summed E-state index contributed by atoms with van der Waals surface area (Å²) < 4.78 is 53.3. The summed E-state index contributed by atoms with van der Waals surface area (Å²) in [6.45, 7) is 0. The van der Waals surface area contributed by atoms with Crippen LogP contribution in [0.1, 0.15) is 5.56 Å². The van der Waals surface area contributed by atoms with Gasteiger partial charge in [0, 0.05) is 6.07 Å². The number of nitriles is 1. The Morgan fingerprint density at radius 1 is 1.17 bits per heavy atom. The van der Waals surface area contributed by atoms with Gasteiger partial charge in [-0.05, 0) is 0 Å². The van der Waals surface area contributed by atoms with E-state index in [1.807, 2.05) is 0 Å². The number of benzene rings is 1. The Morgan fingerprint density at radius 2 is 1.72 bits per heavy atom. The minimum atomic E-state index is -1.65. The first-order chi connectivity index (χ1) is 8.47. The van der Waals surface area contributed by atoms with Crippen LogP contribution in [0.5, 0.6) is 0 Å². The molecule has 0 amide bonds. The highest BCUT2D eigenvalue weighted by Crippen LogP contribution is 2.26. The summed E-state index contributed by atoms with van der Waals surface area (Å²) in [7, 11) is 0. The lowest BCUT2D eigenvalue weighted by atomic mass is 10.2. The molecule has 0 atom stereocenters. The molecule has 0 aliphatic heterocycles. The number of hydrogen-bond acceptors (Lipinski definition) is 2. The molecule has 0 N–H and O–H groups in total. The standard InChI is InChI=1S/C10H2ClF4N3/c11-10-4(2-16)3-17-18(10)9-7(14)5(12)1-6(13)8(9)15/h1,3H. The van der Waals surface area contributed by atoms with Gasteiger partial charge in [0.1, 0.15) is 17.3 Å². The number of hydrogen-bond donors (Lipinski definition) is 0. The molecule has 1 heterocycles. The summed E-state index contributed by atoms with van der Waals surface area (Å²) in [6, 6.07) is 1.67. The van der Waals surface area contributed by atoms with Crippen LogP contribution in [0.4, 0.5) is 17.6 Å². The van der Waals surface area contributed by atoms with Crippen LogP contribution in [0, 0.1) is 34.6 Å². The molecule has 1 aromatic heterocycles. The van der Waals surface area contributed by atoms with Crippen molar-refractivity contribution < 1.29 is 17.6 Å². The van der Waals surface area contributed by atoms with Crippen molar-refractivity contribution in [3.05, 3.63) is 46.2 Å². The Hall–Kier alpha value is -2.07. The molecule has 0 fully saturated rings. The van der Waals surface area contributed by atoms with E-state index in [1.54, 1.807) is 6.07 Å². The van der Waals surface area contributed by atoms with E-state index in [2.05, 4.69) is 5.10 Å². The van der Waals surface area contributed by atoms with Gasteiger partial charge >= 0.3 is 0 Å². The molecule has 2 rings (SSSR count). The molecule has 0 saturated heterocycles. The highest BCUT2D eigenvalue weighted by Gasteiger charge is 2.23. The van der Waals surface area contributed by atoms with E-state index < -0.39 is 34.1 Å². The predicted octanol–water partition coefficient (Wildman–Crippen LogP) is 2.95. The van der Waals surface area contributed by atoms with Gasteiger partial charge in [-0.25, -0.2) is 22.2 Å². The maximum Gasteiger partial charge on any atom is 0.187 e. The van der Waals surface area contributed by atoms with E-state index in [0.29, 0.717) is 4.68 Å². The SMILES string of the molecule is N#Cc1cnn(-c2c(F)c(F)cc(F)c2F)c1Cl. The van der Waals surface area contributed by atoms with Gasteiger partial charge in [0.15, 0.2) is 28.4 Å². The smallest absolute Gasteiger partial charge is 0.187 e. The zero-order valence-electron chi connectivity index (χ0n) is 8.39. The molecule has 2 aromatic rings. The Labute approximate surface area is 103 Å². The molecule has 92 valence electrons. The fourth-order valence-corrected chi connectivity index (χ4v) is 1.53. The normalized spacial score (nSPS) is 10.4. The van der Waals surface area contributed by atoms with Gasteiger partial charge in [0.05, 0.1) is 6.20 Å². The third-order valence-electron chi connectivity index (χ3n) is 2.13. The van der Waals surface area contributed by atoms with Crippen molar-refractivity contribution in [2.24, 2.45) is 0 Å². The van der Waals surface area contributed by atoms with Gasteiger partial charge in [0.25, 0.3) is 0 Å². The van der Waals surface area contributed by atoms with Crippen LogP contribution in [0.15, 0.2) is 12.3 Å². The summed E-state index contributed by atoms with van der Waals surface area (Å²) in [5, 5.41) is 11.6. The van der Waals surface area contributed by atoms with Crippen molar-refractivity contribution in [2.45, 2.75) is 0 Å². The number of rotatable bonds is 1. The third kappa shape index (κ3) is 1.71. The Bertz CT molecular complexity index is 648. The minimum absolute atomic E-state index is 0.0662. The number of halogens is 5. The van der Waals surface area contributed by atoms with Crippen LogP contribution >= 0.6 is 11.6 Å². The maximum atomic E-state index is 13.4. The van der Waals surface area contributed by atoms with Crippen molar-refractivity contribution in [1.82, 2.24) is 9.78 Å². The lowest BCUT2D eigenvalue weighted by molar-refractivity contribution is 0.444. The fraction of sp³-hybridized carbons (Fsp3) is 0. The molecule has 0 radical (unpaired) electrons. The van der Waals surface area contributed by atoms with Gasteiger partial charge in [-0.15, -0.1) is 0 Å². The second-order valence-corrected chi connectivity index (χ2v) is 3.55. The largest absolute Gasteiger partial charge is 0.215 e. The topological polar surface area (TPSA) is 41.6 Å². The third-order valence-corrected chi connectivity index (χ3v) is 2.50. The van der Waals surface area contributed by atoms with E-state index in [-0.39, 0.29) is 11.6 Å². The monoisotopic (exact) mass is 275 g/mol. The quantitative estimate of drug-likeness (QED) is 0.593. The van der Waals surface area contributed by atoms with E-state index in [4.69, 9.17) is 16.9 Å². The van der Waals surface area contributed by atoms with Crippen molar-refractivity contribution in [2.75, 3.05) is 0 Å². The van der Waals surface area contributed by atoms with Gasteiger partial charge in [-0.1, -0.05) is 11.6 Å². The summed E-state index contributed by atoms with van der Waals surface area (Å²) in [6.07, 6.45) is 0.921. The highest BCUT2D eigenvalue weighted by molar-refractivity contribution is 6.30. The first-order valence-corrected chi connectivity index (χ1v) is 4.82. The molecule has 8 heteroatoms.